The fourth-order valence-corrected chi connectivity index (χ4v) is 1.76. The molecule has 19 heavy (non-hydrogen) atoms. The van der Waals surface area contributed by atoms with Crippen LogP contribution in [-0.4, -0.2) is 10.9 Å². The van der Waals surface area contributed by atoms with Crippen LogP contribution < -0.4 is 16.2 Å². The zero-order chi connectivity index (χ0) is 14.0. The molecule has 0 aliphatic rings. The second-order valence-corrected chi connectivity index (χ2v) is 4.48. The number of ether oxygens (including phenoxy) is 1. The van der Waals surface area contributed by atoms with Crippen molar-refractivity contribution in [3.05, 3.63) is 46.3 Å². The summed E-state index contributed by atoms with van der Waals surface area (Å²) in [7, 11) is 0. The fourth-order valence-electron chi connectivity index (χ4n) is 1.40. The third-order valence-corrected chi connectivity index (χ3v) is 2.90. The van der Waals surface area contributed by atoms with Crippen molar-refractivity contribution in [3.63, 3.8) is 0 Å². The summed E-state index contributed by atoms with van der Waals surface area (Å²) in [6.07, 6.45) is 1.42. The molecule has 0 unspecified atom stereocenters. The van der Waals surface area contributed by atoms with Crippen molar-refractivity contribution < 1.29 is 13.9 Å². The van der Waals surface area contributed by atoms with E-state index in [4.69, 9.17) is 16.2 Å². The second-order valence-electron chi connectivity index (χ2n) is 3.63. The normalized spacial score (nSPS) is 10.2. The zero-order valence-corrected chi connectivity index (χ0v) is 11.1. The predicted molar refractivity (Wildman–Crippen MR) is 71.3 cm³/mol. The van der Waals surface area contributed by atoms with E-state index in [1.165, 1.54) is 18.3 Å². The maximum absolute atomic E-state index is 13.4. The highest BCUT2D eigenvalue weighted by Crippen LogP contribution is 2.32. The number of benzene rings is 1. The molecule has 2 aromatic rings. The maximum Gasteiger partial charge on any atom is 0.254 e. The van der Waals surface area contributed by atoms with Crippen molar-refractivity contribution in [2.24, 2.45) is 5.73 Å². The van der Waals surface area contributed by atoms with Gasteiger partial charge in [-0.1, -0.05) is 0 Å². The molecule has 0 fully saturated rings. The zero-order valence-electron chi connectivity index (χ0n) is 9.56. The summed E-state index contributed by atoms with van der Waals surface area (Å²) in [5.41, 5.74) is 11.2. The SMILES string of the molecule is NC(=O)c1cccnc1Oc1cc(F)c(Br)cc1N. The molecule has 0 aliphatic heterocycles. The fraction of sp³-hybridized carbons (Fsp3) is 0. The molecule has 0 atom stereocenters. The number of rotatable bonds is 3. The molecule has 0 saturated carbocycles. The Morgan fingerprint density at radius 2 is 2.16 bits per heavy atom. The number of primary amides is 1. The number of nitrogens with zero attached hydrogens (tertiary/aromatic N) is 1. The average molecular weight is 326 g/mol. The van der Waals surface area contributed by atoms with Gasteiger partial charge in [-0.15, -0.1) is 0 Å². The van der Waals surface area contributed by atoms with Crippen molar-refractivity contribution in [2.45, 2.75) is 0 Å². The summed E-state index contributed by atoms with van der Waals surface area (Å²) in [6.45, 7) is 0. The van der Waals surface area contributed by atoms with Gasteiger partial charge in [0.15, 0.2) is 5.75 Å². The minimum absolute atomic E-state index is 0.0246. The molecule has 1 aromatic carbocycles. The Bertz CT molecular complexity index is 649. The van der Waals surface area contributed by atoms with Crippen LogP contribution in [0, 0.1) is 5.82 Å². The summed E-state index contributed by atoms with van der Waals surface area (Å²) in [5.74, 6) is -1.20. The molecule has 1 aromatic heterocycles. The Kier molecular flexibility index (Phi) is 3.66. The van der Waals surface area contributed by atoms with Crippen molar-refractivity contribution in [2.75, 3.05) is 5.73 Å². The number of nitrogen functional groups attached to an aromatic ring is 1. The van der Waals surface area contributed by atoms with Gasteiger partial charge in [0.1, 0.15) is 11.4 Å². The molecule has 4 N–H and O–H groups in total. The summed E-state index contributed by atoms with van der Waals surface area (Å²) in [4.78, 5) is 15.1. The van der Waals surface area contributed by atoms with Crippen LogP contribution in [0.5, 0.6) is 11.6 Å². The predicted octanol–water partition coefficient (Wildman–Crippen LogP) is 2.46. The first-order valence-corrected chi connectivity index (χ1v) is 5.95. The highest BCUT2D eigenvalue weighted by atomic mass is 79.9. The molecule has 0 aliphatic carbocycles. The van der Waals surface area contributed by atoms with Crippen LogP contribution in [0.1, 0.15) is 10.4 Å². The van der Waals surface area contributed by atoms with Crippen LogP contribution in [0.4, 0.5) is 10.1 Å². The molecule has 0 spiro atoms. The van der Waals surface area contributed by atoms with Crippen LogP contribution in [0.15, 0.2) is 34.9 Å². The Hall–Kier alpha value is -2.15. The monoisotopic (exact) mass is 325 g/mol. The summed E-state index contributed by atoms with van der Waals surface area (Å²) in [6, 6.07) is 5.45. The lowest BCUT2D eigenvalue weighted by Crippen LogP contribution is -2.13. The van der Waals surface area contributed by atoms with Crippen molar-refractivity contribution in [1.29, 1.82) is 0 Å². The number of carbonyl (C=O) groups is 1. The van der Waals surface area contributed by atoms with Gasteiger partial charge in [-0.25, -0.2) is 9.37 Å². The van der Waals surface area contributed by atoms with Gasteiger partial charge in [-0.2, -0.15) is 0 Å². The van der Waals surface area contributed by atoms with E-state index < -0.39 is 11.7 Å². The number of pyridine rings is 1. The third-order valence-electron chi connectivity index (χ3n) is 2.30. The van der Waals surface area contributed by atoms with Gasteiger partial charge in [0, 0.05) is 12.3 Å². The molecule has 1 heterocycles. The largest absolute Gasteiger partial charge is 0.436 e. The minimum atomic E-state index is -0.695. The summed E-state index contributed by atoms with van der Waals surface area (Å²) in [5, 5.41) is 0. The molecular formula is C12H9BrFN3O2. The maximum atomic E-state index is 13.4. The molecule has 0 bridgehead atoms. The number of carbonyl (C=O) groups excluding carboxylic acids is 1. The van der Waals surface area contributed by atoms with E-state index in [0.717, 1.165) is 6.07 Å². The van der Waals surface area contributed by atoms with E-state index in [2.05, 4.69) is 20.9 Å². The Morgan fingerprint density at radius 1 is 1.42 bits per heavy atom. The molecule has 1 amide bonds. The van der Waals surface area contributed by atoms with Crippen LogP contribution in [-0.2, 0) is 0 Å². The average Bonchev–Trinajstić information content (AvgIpc) is 2.36. The Labute approximate surface area is 116 Å². The number of hydrogen-bond donors (Lipinski definition) is 2. The number of anilines is 1. The minimum Gasteiger partial charge on any atom is -0.436 e. The number of aromatic nitrogens is 1. The van der Waals surface area contributed by atoms with E-state index in [0.29, 0.717) is 0 Å². The van der Waals surface area contributed by atoms with Crippen molar-refractivity contribution in [1.82, 2.24) is 4.98 Å². The number of nitrogens with two attached hydrogens (primary N) is 2. The van der Waals surface area contributed by atoms with E-state index in [-0.39, 0.29) is 27.4 Å². The molecular weight excluding hydrogens is 317 g/mol. The quantitative estimate of drug-likeness (QED) is 0.848. The number of amides is 1. The van der Waals surface area contributed by atoms with Crippen molar-refractivity contribution in [3.8, 4) is 11.6 Å². The van der Waals surface area contributed by atoms with E-state index in [1.54, 1.807) is 6.07 Å². The second kappa shape index (κ2) is 5.23. The summed E-state index contributed by atoms with van der Waals surface area (Å²) >= 11 is 3.00. The summed E-state index contributed by atoms with van der Waals surface area (Å²) < 4.78 is 19.0. The van der Waals surface area contributed by atoms with Crippen LogP contribution >= 0.6 is 15.9 Å². The number of halogens is 2. The lowest BCUT2D eigenvalue weighted by molar-refractivity contribution is 0.0997. The van der Waals surface area contributed by atoms with Gasteiger partial charge in [-0.3, -0.25) is 4.79 Å². The first-order chi connectivity index (χ1) is 8.99. The first kappa shape index (κ1) is 13.3. The van der Waals surface area contributed by atoms with Crippen LogP contribution in [0.2, 0.25) is 0 Å². The van der Waals surface area contributed by atoms with Gasteiger partial charge < -0.3 is 16.2 Å². The van der Waals surface area contributed by atoms with E-state index in [1.807, 2.05) is 0 Å². The first-order valence-electron chi connectivity index (χ1n) is 5.16. The van der Waals surface area contributed by atoms with Gasteiger partial charge >= 0.3 is 0 Å². The highest BCUT2D eigenvalue weighted by Gasteiger charge is 2.14. The lowest BCUT2D eigenvalue weighted by atomic mass is 10.2. The van der Waals surface area contributed by atoms with Crippen LogP contribution in [0.25, 0.3) is 0 Å². The van der Waals surface area contributed by atoms with Crippen molar-refractivity contribution >= 4 is 27.5 Å². The third kappa shape index (κ3) is 2.82. The van der Waals surface area contributed by atoms with Gasteiger partial charge in [-0.05, 0) is 34.1 Å². The highest BCUT2D eigenvalue weighted by molar-refractivity contribution is 9.10. The molecule has 0 saturated heterocycles. The van der Waals surface area contributed by atoms with Gasteiger partial charge in [0.25, 0.3) is 5.91 Å². The smallest absolute Gasteiger partial charge is 0.254 e. The topological polar surface area (TPSA) is 91.2 Å². The lowest BCUT2D eigenvalue weighted by Gasteiger charge is -2.10. The molecule has 98 valence electrons. The molecule has 2 rings (SSSR count). The van der Waals surface area contributed by atoms with Crippen LogP contribution in [0.3, 0.4) is 0 Å². The molecule has 7 heteroatoms. The molecule has 5 nitrogen and oxygen atoms in total. The number of hydrogen-bond acceptors (Lipinski definition) is 4. The standard InChI is InChI=1S/C12H9BrFN3O2/c13-7-4-9(15)10(5-8(7)14)19-12-6(11(16)18)2-1-3-17-12/h1-5H,15H2,(H2,16,18). The van der Waals surface area contributed by atoms with E-state index in [9.17, 15) is 9.18 Å². The Morgan fingerprint density at radius 3 is 2.84 bits per heavy atom. The van der Waals surface area contributed by atoms with Gasteiger partial charge in [0.05, 0.1) is 10.2 Å². The Balaban J connectivity index is 2.42. The van der Waals surface area contributed by atoms with Gasteiger partial charge in [0.2, 0.25) is 5.88 Å². The van der Waals surface area contributed by atoms with E-state index >= 15 is 0 Å². The molecule has 0 radical (unpaired) electrons.